The number of nitrogens with zero attached hydrogens (tertiary/aromatic N) is 1. The normalized spacial score (nSPS) is 17.5. The zero-order valence-electron chi connectivity index (χ0n) is 13.0. The summed E-state index contributed by atoms with van der Waals surface area (Å²) in [4.78, 5) is 6.54. The van der Waals surface area contributed by atoms with Gasteiger partial charge in [0.1, 0.15) is 0 Å². The third-order valence-electron chi connectivity index (χ3n) is 3.52. The van der Waals surface area contributed by atoms with Gasteiger partial charge in [-0.1, -0.05) is 37.0 Å². The molecular weight excluding hydrogens is 317 g/mol. The highest BCUT2D eigenvalue weighted by molar-refractivity contribution is 6.34. The number of H-pyrrole nitrogens is 1. The molecule has 5 heteroatoms. The molecule has 3 nitrogen and oxygen atoms in total. The minimum atomic E-state index is 0.439. The quantitative estimate of drug-likeness (QED) is 0.714. The zero-order valence-corrected chi connectivity index (χ0v) is 14.5. The van der Waals surface area contributed by atoms with E-state index in [9.17, 15) is 0 Å². The maximum Gasteiger partial charge on any atom is 0.197 e. The Morgan fingerprint density at radius 3 is 2.00 bits per heavy atom. The van der Waals surface area contributed by atoms with Crippen LogP contribution in [0.5, 0.6) is 0 Å². The third-order valence-corrected chi connectivity index (χ3v) is 3.96. The number of aryl methyl sites for hydroxylation is 1. The van der Waals surface area contributed by atoms with Crippen LogP contribution in [-0.2, 0) is 0 Å². The first kappa shape index (κ1) is 18.4. The number of nitrogen functional groups attached to an aromatic ring is 1. The van der Waals surface area contributed by atoms with E-state index in [-0.39, 0.29) is 0 Å². The molecule has 1 aromatic heterocycles. The molecule has 1 aliphatic rings. The van der Waals surface area contributed by atoms with E-state index in [1.165, 1.54) is 12.0 Å². The second kappa shape index (κ2) is 7.58. The first-order chi connectivity index (χ1) is 10.3. The van der Waals surface area contributed by atoms with Crippen LogP contribution in [0.2, 0.25) is 10.0 Å². The van der Waals surface area contributed by atoms with Crippen molar-refractivity contribution in [1.29, 1.82) is 0 Å². The predicted molar refractivity (Wildman–Crippen MR) is 95.2 cm³/mol. The van der Waals surface area contributed by atoms with Gasteiger partial charge in [0.15, 0.2) is 5.95 Å². The summed E-state index contributed by atoms with van der Waals surface area (Å²) >= 11 is 11.9. The molecule has 118 valence electrons. The molecule has 1 heterocycles. The fraction of sp³-hybridized carbons (Fsp3) is 0.353. The van der Waals surface area contributed by atoms with Crippen molar-refractivity contribution in [3.8, 4) is 12.8 Å². The molecule has 3 N–H and O–H groups in total. The van der Waals surface area contributed by atoms with Gasteiger partial charge in [-0.3, -0.25) is 0 Å². The highest BCUT2D eigenvalue weighted by Gasteiger charge is 2.46. The maximum absolute atomic E-state index is 5.93. The number of aromatic nitrogens is 2. The molecule has 0 aliphatic heterocycles. The monoisotopic (exact) mass is 337 g/mol. The Hall–Kier alpha value is -1.63. The van der Waals surface area contributed by atoms with Gasteiger partial charge in [0.05, 0.1) is 0 Å². The lowest BCUT2D eigenvalue weighted by Gasteiger charge is -2.04. The Kier molecular flexibility index (Phi) is 6.34. The van der Waals surface area contributed by atoms with Gasteiger partial charge >= 0.3 is 0 Å². The Labute approximate surface area is 142 Å². The van der Waals surface area contributed by atoms with Gasteiger partial charge in [-0.25, -0.2) is 4.98 Å². The molecule has 0 bridgehead atoms. The second-order valence-corrected chi connectivity index (χ2v) is 6.77. The number of imidazole rings is 1. The fourth-order valence-electron chi connectivity index (χ4n) is 2.25. The summed E-state index contributed by atoms with van der Waals surface area (Å²) in [5.74, 6) is 1.13. The average Bonchev–Trinajstić information content (AvgIpc) is 2.91. The number of aromatic amines is 1. The van der Waals surface area contributed by atoms with Crippen LogP contribution < -0.4 is 5.73 Å². The Morgan fingerprint density at radius 1 is 1.23 bits per heavy atom. The Morgan fingerprint density at radius 2 is 1.73 bits per heavy atom. The van der Waals surface area contributed by atoms with E-state index in [0.717, 1.165) is 15.7 Å². The van der Waals surface area contributed by atoms with E-state index in [2.05, 4.69) is 36.7 Å². The molecule has 1 aliphatic carbocycles. The lowest BCUT2D eigenvalue weighted by atomic mass is 10.0. The van der Waals surface area contributed by atoms with Crippen molar-refractivity contribution in [2.45, 2.75) is 33.1 Å². The van der Waals surface area contributed by atoms with Crippen LogP contribution in [0.3, 0.4) is 0 Å². The Balaban J connectivity index is 0.000000228. The first-order valence-corrected chi connectivity index (χ1v) is 7.60. The summed E-state index contributed by atoms with van der Waals surface area (Å²) in [5, 5.41) is 1.48. The molecule has 2 aromatic rings. The van der Waals surface area contributed by atoms with E-state index >= 15 is 0 Å². The Bertz CT molecular complexity index is 608. The summed E-state index contributed by atoms with van der Waals surface area (Å²) in [6.45, 7) is 6.45. The highest BCUT2D eigenvalue weighted by Crippen LogP contribution is 2.58. The summed E-state index contributed by atoms with van der Waals surface area (Å²) in [7, 11) is 0. The smallest absolute Gasteiger partial charge is 0.197 e. The molecule has 3 rings (SSSR count). The molecule has 0 unspecified atom stereocenters. The van der Waals surface area contributed by atoms with Crippen molar-refractivity contribution in [2.75, 3.05) is 5.73 Å². The van der Waals surface area contributed by atoms with Crippen molar-refractivity contribution in [1.82, 2.24) is 9.97 Å². The molecular formula is C17H21Cl2N3. The van der Waals surface area contributed by atoms with Gasteiger partial charge in [-0.05, 0) is 48.4 Å². The van der Waals surface area contributed by atoms with Gasteiger partial charge < -0.3 is 10.7 Å². The number of nitrogens with two attached hydrogens (primary N) is 1. The second-order valence-electron chi connectivity index (χ2n) is 5.90. The van der Waals surface area contributed by atoms with Crippen LogP contribution in [0.1, 0.15) is 37.4 Å². The number of benzene rings is 1. The molecule has 1 fully saturated rings. The number of rotatable bonds is 1. The van der Waals surface area contributed by atoms with Crippen molar-refractivity contribution < 1.29 is 0 Å². The lowest BCUT2D eigenvalue weighted by Crippen LogP contribution is -1.89. The van der Waals surface area contributed by atoms with E-state index in [1.807, 2.05) is 19.1 Å². The maximum atomic E-state index is 5.93. The van der Waals surface area contributed by atoms with Crippen molar-refractivity contribution in [3.05, 3.63) is 45.7 Å². The number of hydrogen-bond donors (Lipinski definition) is 2. The molecule has 0 spiro atoms. The van der Waals surface area contributed by atoms with Gasteiger partial charge in [0, 0.05) is 21.9 Å². The van der Waals surface area contributed by atoms with Crippen LogP contribution in [0.15, 0.2) is 24.4 Å². The third kappa shape index (κ3) is 5.29. The summed E-state index contributed by atoms with van der Waals surface area (Å²) in [6.07, 6.45) is 10.9. The number of hydrogen-bond acceptors (Lipinski definition) is 2. The highest BCUT2D eigenvalue weighted by atomic mass is 35.5. The van der Waals surface area contributed by atoms with Crippen LogP contribution in [-0.4, -0.2) is 9.97 Å². The van der Waals surface area contributed by atoms with Crippen molar-refractivity contribution >= 4 is 29.2 Å². The molecule has 1 atom stereocenters. The van der Waals surface area contributed by atoms with E-state index in [4.69, 9.17) is 28.9 Å². The number of halogens is 2. The zero-order chi connectivity index (χ0) is 16.9. The van der Waals surface area contributed by atoms with Gasteiger partial charge in [-0.2, -0.15) is 0 Å². The molecule has 0 radical (unpaired) electrons. The van der Waals surface area contributed by atoms with Gasteiger partial charge in [-0.15, -0.1) is 12.8 Å². The fourth-order valence-corrected chi connectivity index (χ4v) is 2.79. The topological polar surface area (TPSA) is 54.7 Å². The molecule has 0 amide bonds. The molecule has 1 aromatic carbocycles. The van der Waals surface area contributed by atoms with E-state index in [1.54, 1.807) is 12.3 Å². The molecule has 0 saturated heterocycles. The van der Waals surface area contributed by atoms with Crippen LogP contribution in [0.4, 0.5) is 5.95 Å². The van der Waals surface area contributed by atoms with Crippen molar-refractivity contribution in [2.24, 2.45) is 5.41 Å². The van der Waals surface area contributed by atoms with Crippen LogP contribution in [0, 0.1) is 25.2 Å². The van der Waals surface area contributed by atoms with Crippen molar-refractivity contribution in [3.63, 3.8) is 0 Å². The molecule has 1 saturated carbocycles. The first-order valence-electron chi connectivity index (χ1n) is 6.84. The SMILES string of the molecule is C#C.CC1(C)C[C@H]1c1cc(Cl)cc(Cl)c1.Cc1cnc(N)[nH]1. The summed E-state index contributed by atoms with van der Waals surface area (Å²) in [5.41, 5.74) is 7.93. The predicted octanol–water partition coefficient (Wildman–Crippen LogP) is 5.06. The number of nitrogens with one attached hydrogen (secondary N) is 1. The minimum absolute atomic E-state index is 0.439. The average molecular weight is 338 g/mol. The summed E-state index contributed by atoms with van der Waals surface area (Å²) in [6, 6.07) is 5.82. The van der Waals surface area contributed by atoms with E-state index < -0.39 is 0 Å². The standard InChI is InChI=1S/C11H12Cl2.C4H7N3.C2H2/c1-11(2)6-10(11)7-3-8(12)5-9(13)4-7;1-3-2-6-4(5)7-3;1-2/h3-5,10H,6H2,1-2H3;2H,1H3,(H3,5,6,7);1-2H/t10-;;/m0../s1. The van der Waals surface area contributed by atoms with Gasteiger partial charge in [0.25, 0.3) is 0 Å². The number of terminal acetylenes is 1. The number of anilines is 1. The van der Waals surface area contributed by atoms with Gasteiger partial charge in [0.2, 0.25) is 0 Å². The molecule has 22 heavy (non-hydrogen) atoms. The van der Waals surface area contributed by atoms with Crippen LogP contribution >= 0.6 is 23.2 Å². The summed E-state index contributed by atoms with van der Waals surface area (Å²) < 4.78 is 0. The largest absolute Gasteiger partial charge is 0.369 e. The lowest BCUT2D eigenvalue weighted by molar-refractivity contribution is 0.622. The minimum Gasteiger partial charge on any atom is -0.369 e. The van der Waals surface area contributed by atoms with Crippen LogP contribution in [0.25, 0.3) is 0 Å². The van der Waals surface area contributed by atoms with E-state index in [0.29, 0.717) is 17.3 Å².